The van der Waals surface area contributed by atoms with Crippen LogP contribution in [0.25, 0.3) is 11.2 Å². The summed E-state index contributed by atoms with van der Waals surface area (Å²) in [6.07, 6.45) is 4.62. The summed E-state index contributed by atoms with van der Waals surface area (Å²) in [4.78, 5) is 15.9. The second-order valence-electron chi connectivity index (χ2n) is 2.63. The molecule has 2 aromatic rings. The molecule has 0 amide bonds. The molecule has 0 aliphatic carbocycles. The Hall–Kier alpha value is -1.10. The highest BCUT2D eigenvalue weighted by Crippen LogP contribution is 2.13. The molecule has 2 aromatic heterocycles. The Balaban J connectivity index is 2.57. The van der Waals surface area contributed by atoms with Gasteiger partial charge in [0.15, 0.2) is 10.8 Å². The lowest BCUT2D eigenvalue weighted by Gasteiger charge is -1.91. The molecular weight excluding hydrogens is 184 g/mol. The molecule has 0 radical (unpaired) electrons. The number of hydrogen-bond acceptors (Lipinski definition) is 4. The summed E-state index contributed by atoms with van der Waals surface area (Å²) in [6.45, 7) is 2.06. The summed E-state index contributed by atoms with van der Waals surface area (Å²) >= 11 is 1.52. The lowest BCUT2D eigenvalue weighted by atomic mass is 10.5. The van der Waals surface area contributed by atoms with Crippen molar-refractivity contribution in [3.05, 3.63) is 12.0 Å². The SMILES string of the molecule is CCc1nc2nc(SC)ncc2[nH]1. The van der Waals surface area contributed by atoms with Crippen molar-refractivity contribution in [2.24, 2.45) is 0 Å². The van der Waals surface area contributed by atoms with E-state index in [1.54, 1.807) is 6.20 Å². The molecule has 0 aliphatic rings. The van der Waals surface area contributed by atoms with Crippen molar-refractivity contribution < 1.29 is 0 Å². The Morgan fingerprint density at radius 1 is 1.46 bits per heavy atom. The first kappa shape index (κ1) is 8.50. The van der Waals surface area contributed by atoms with Crippen molar-refractivity contribution >= 4 is 22.9 Å². The summed E-state index contributed by atoms with van der Waals surface area (Å²) in [5.41, 5.74) is 1.67. The number of aryl methyl sites for hydroxylation is 1. The minimum atomic E-state index is 0.760. The van der Waals surface area contributed by atoms with Gasteiger partial charge in [0.2, 0.25) is 0 Å². The van der Waals surface area contributed by atoms with Gasteiger partial charge in [-0.25, -0.2) is 15.0 Å². The van der Waals surface area contributed by atoms with E-state index >= 15 is 0 Å². The van der Waals surface area contributed by atoms with E-state index in [0.717, 1.165) is 28.6 Å². The summed E-state index contributed by atoms with van der Waals surface area (Å²) in [5, 5.41) is 0.765. The van der Waals surface area contributed by atoms with E-state index in [0.29, 0.717) is 0 Å². The van der Waals surface area contributed by atoms with Crippen molar-refractivity contribution in [3.8, 4) is 0 Å². The number of H-pyrrole nitrogens is 1. The van der Waals surface area contributed by atoms with E-state index < -0.39 is 0 Å². The van der Waals surface area contributed by atoms with E-state index in [4.69, 9.17) is 0 Å². The number of imidazole rings is 1. The van der Waals surface area contributed by atoms with Gasteiger partial charge in [0.05, 0.1) is 6.20 Å². The monoisotopic (exact) mass is 194 g/mol. The molecular formula is C8H10N4S. The van der Waals surface area contributed by atoms with Gasteiger partial charge in [-0.15, -0.1) is 0 Å². The Bertz CT molecular complexity index is 421. The van der Waals surface area contributed by atoms with Crippen LogP contribution in [-0.4, -0.2) is 26.2 Å². The van der Waals surface area contributed by atoms with Crippen molar-refractivity contribution in [1.82, 2.24) is 19.9 Å². The zero-order valence-corrected chi connectivity index (χ0v) is 8.35. The van der Waals surface area contributed by atoms with Gasteiger partial charge in [-0.2, -0.15) is 0 Å². The Kier molecular flexibility index (Phi) is 2.18. The minimum absolute atomic E-state index is 0.760. The fourth-order valence-corrected chi connectivity index (χ4v) is 1.44. The van der Waals surface area contributed by atoms with E-state index in [9.17, 15) is 0 Å². The largest absolute Gasteiger partial charge is 0.339 e. The van der Waals surface area contributed by atoms with Gasteiger partial charge < -0.3 is 4.98 Å². The molecule has 0 saturated carbocycles. The lowest BCUT2D eigenvalue weighted by Crippen LogP contribution is -1.85. The summed E-state index contributed by atoms with van der Waals surface area (Å²) in [5.74, 6) is 0.961. The van der Waals surface area contributed by atoms with Gasteiger partial charge in [-0.05, 0) is 6.26 Å². The quantitative estimate of drug-likeness (QED) is 0.583. The molecule has 68 valence electrons. The average Bonchev–Trinajstić information content (AvgIpc) is 2.58. The predicted molar refractivity (Wildman–Crippen MR) is 52.8 cm³/mol. The van der Waals surface area contributed by atoms with Crippen LogP contribution in [0.1, 0.15) is 12.7 Å². The fourth-order valence-electron chi connectivity index (χ4n) is 1.11. The molecule has 2 rings (SSSR count). The normalized spacial score (nSPS) is 10.9. The van der Waals surface area contributed by atoms with Crippen LogP contribution in [0.2, 0.25) is 0 Å². The first-order valence-corrected chi connectivity index (χ1v) is 5.31. The number of rotatable bonds is 2. The van der Waals surface area contributed by atoms with Crippen LogP contribution >= 0.6 is 11.8 Å². The molecule has 0 fully saturated rings. The van der Waals surface area contributed by atoms with Crippen LogP contribution in [0.3, 0.4) is 0 Å². The Morgan fingerprint density at radius 2 is 2.31 bits per heavy atom. The third kappa shape index (κ3) is 1.51. The molecule has 5 heteroatoms. The maximum Gasteiger partial charge on any atom is 0.189 e. The van der Waals surface area contributed by atoms with Crippen LogP contribution in [0.5, 0.6) is 0 Å². The number of nitrogens with zero attached hydrogens (tertiary/aromatic N) is 3. The molecule has 0 bridgehead atoms. The van der Waals surface area contributed by atoms with Crippen molar-refractivity contribution in [2.45, 2.75) is 18.5 Å². The van der Waals surface area contributed by atoms with E-state index in [1.807, 2.05) is 6.26 Å². The number of aromatic amines is 1. The molecule has 2 heterocycles. The highest BCUT2D eigenvalue weighted by Gasteiger charge is 2.03. The molecule has 0 saturated heterocycles. The predicted octanol–water partition coefficient (Wildman–Crippen LogP) is 1.64. The van der Waals surface area contributed by atoms with Gasteiger partial charge in [0.1, 0.15) is 11.3 Å². The van der Waals surface area contributed by atoms with Gasteiger partial charge in [0, 0.05) is 6.42 Å². The number of aromatic nitrogens is 4. The zero-order valence-electron chi connectivity index (χ0n) is 7.53. The molecule has 0 aliphatic heterocycles. The molecule has 1 N–H and O–H groups in total. The summed E-state index contributed by atoms with van der Waals surface area (Å²) in [7, 11) is 0. The maximum atomic E-state index is 4.32. The van der Waals surface area contributed by atoms with Crippen LogP contribution < -0.4 is 0 Å². The third-order valence-corrected chi connectivity index (χ3v) is 2.35. The van der Waals surface area contributed by atoms with Gasteiger partial charge in [-0.1, -0.05) is 18.7 Å². The Morgan fingerprint density at radius 3 is 3.00 bits per heavy atom. The smallest absolute Gasteiger partial charge is 0.189 e. The number of hydrogen-bond donors (Lipinski definition) is 1. The first-order valence-electron chi connectivity index (χ1n) is 4.09. The third-order valence-electron chi connectivity index (χ3n) is 1.78. The summed E-state index contributed by atoms with van der Waals surface area (Å²) < 4.78 is 0. The highest BCUT2D eigenvalue weighted by atomic mass is 32.2. The number of thioether (sulfide) groups is 1. The second-order valence-corrected chi connectivity index (χ2v) is 3.40. The fraction of sp³-hybridized carbons (Fsp3) is 0.375. The second kappa shape index (κ2) is 3.33. The zero-order chi connectivity index (χ0) is 9.26. The van der Waals surface area contributed by atoms with Gasteiger partial charge >= 0.3 is 0 Å². The lowest BCUT2D eigenvalue weighted by molar-refractivity contribution is 0.982. The van der Waals surface area contributed by atoms with Crippen LogP contribution in [-0.2, 0) is 6.42 Å². The summed E-state index contributed by atoms with van der Waals surface area (Å²) in [6, 6.07) is 0. The van der Waals surface area contributed by atoms with Gasteiger partial charge in [-0.3, -0.25) is 0 Å². The van der Waals surface area contributed by atoms with Crippen LogP contribution in [0, 0.1) is 0 Å². The first-order chi connectivity index (χ1) is 6.33. The molecule has 0 spiro atoms. The standard InChI is InChI=1S/C8H10N4S/c1-3-6-10-5-4-9-8(13-2)12-7(5)11-6/h4H,3H2,1-2H3,(H,9,10,11,12). The molecule has 4 nitrogen and oxygen atoms in total. The average molecular weight is 194 g/mol. The van der Waals surface area contributed by atoms with Crippen LogP contribution in [0.4, 0.5) is 0 Å². The highest BCUT2D eigenvalue weighted by molar-refractivity contribution is 7.98. The maximum absolute atomic E-state index is 4.32. The van der Waals surface area contributed by atoms with Gasteiger partial charge in [0.25, 0.3) is 0 Å². The number of fused-ring (bicyclic) bond motifs is 1. The Labute approximate surface area is 80.2 Å². The van der Waals surface area contributed by atoms with Crippen molar-refractivity contribution in [2.75, 3.05) is 6.26 Å². The van der Waals surface area contributed by atoms with Crippen molar-refractivity contribution in [1.29, 1.82) is 0 Å². The molecule has 0 atom stereocenters. The molecule has 13 heavy (non-hydrogen) atoms. The molecule has 0 aromatic carbocycles. The van der Waals surface area contributed by atoms with E-state index in [1.165, 1.54) is 11.8 Å². The molecule has 0 unspecified atom stereocenters. The minimum Gasteiger partial charge on any atom is -0.339 e. The number of nitrogens with one attached hydrogen (secondary N) is 1. The topological polar surface area (TPSA) is 54.5 Å². The van der Waals surface area contributed by atoms with Crippen LogP contribution in [0.15, 0.2) is 11.4 Å². The van der Waals surface area contributed by atoms with E-state index in [2.05, 4.69) is 26.9 Å². The van der Waals surface area contributed by atoms with E-state index in [-0.39, 0.29) is 0 Å². The van der Waals surface area contributed by atoms with Crippen molar-refractivity contribution in [3.63, 3.8) is 0 Å².